The summed E-state index contributed by atoms with van der Waals surface area (Å²) in [5.41, 5.74) is 4.18. The van der Waals surface area contributed by atoms with Crippen LogP contribution in [0.15, 0.2) is 60.9 Å². The molecule has 0 unspecified atom stereocenters. The van der Waals surface area contributed by atoms with E-state index in [9.17, 15) is 0 Å². The lowest BCUT2D eigenvalue weighted by Crippen LogP contribution is -1.96. The number of benzene rings is 2. The standard InChI is InChI=1S/C18H15N5/c1-12-3-2-4-13(9-12)18-19-8-7-17(22-18)21-15-5-6-16-14(10-15)11-20-23-16/h2-11H,1H3,(H,20,23)(H,19,21,22). The molecule has 2 aromatic heterocycles. The molecule has 0 aliphatic carbocycles. The van der Waals surface area contributed by atoms with Gasteiger partial charge in [0.05, 0.1) is 11.7 Å². The summed E-state index contributed by atoms with van der Waals surface area (Å²) in [7, 11) is 0. The van der Waals surface area contributed by atoms with Gasteiger partial charge in [-0.1, -0.05) is 23.8 Å². The van der Waals surface area contributed by atoms with Crippen molar-refractivity contribution in [3.05, 3.63) is 66.5 Å². The number of nitrogens with one attached hydrogen (secondary N) is 2. The van der Waals surface area contributed by atoms with Gasteiger partial charge in [0.25, 0.3) is 0 Å². The number of nitrogens with zero attached hydrogens (tertiary/aromatic N) is 3. The van der Waals surface area contributed by atoms with E-state index in [1.807, 2.05) is 36.4 Å². The van der Waals surface area contributed by atoms with E-state index in [1.165, 1.54) is 5.56 Å². The molecule has 0 radical (unpaired) electrons. The van der Waals surface area contributed by atoms with Crippen molar-refractivity contribution in [2.75, 3.05) is 5.32 Å². The van der Waals surface area contributed by atoms with Crippen molar-refractivity contribution in [2.24, 2.45) is 0 Å². The number of aryl methyl sites for hydroxylation is 1. The molecule has 0 atom stereocenters. The Balaban J connectivity index is 1.65. The van der Waals surface area contributed by atoms with Crippen LogP contribution in [0.5, 0.6) is 0 Å². The number of H-pyrrole nitrogens is 1. The summed E-state index contributed by atoms with van der Waals surface area (Å²) in [6, 6.07) is 16.1. The molecule has 5 heteroatoms. The maximum atomic E-state index is 4.60. The van der Waals surface area contributed by atoms with E-state index in [-0.39, 0.29) is 0 Å². The molecule has 5 nitrogen and oxygen atoms in total. The third-order valence-electron chi connectivity index (χ3n) is 3.64. The minimum Gasteiger partial charge on any atom is -0.340 e. The van der Waals surface area contributed by atoms with Gasteiger partial charge in [0, 0.05) is 22.8 Å². The minimum absolute atomic E-state index is 0.711. The zero-order valence-electron chi connectivity index (χ0n) is 12.6. The number of hydrogen-bond acceptors (Lipinski definition) is 4. The first kappa shape index (κ1) is 13.5. The van der Waals surface area contributed by atoms with Crippen molar-refractivity contribution in [2.45, 2.75) is 6.92 Å². The molecule has 2 heterocycles. The third kappa shape index (κ3) is 2.76. The van der Waals surface area contributed by atoms with Crippen LogP contribution in [0.4, 0.5) is 11.5 Å². The molecule has 0 amide bonds. The summed E-state index contributed by atoms with van der Waals surface area (Å²) in [5.74, 6) is 1.47. The van der Waals surface area contributed by atoms with E-state index in [0.29, 0.717) is 5.82 Å². The highest BCUT2D eigenvalue weighted by atomic mass is 15.1. The fourth-order valence-electron chi connectivity index (χ4n) is 2.52. The zero-order valence-corrected chi connectivity index (χ0v) is 12.6. The van der Waals surface area contributed by atoms with E-state index >= 15 is 0 Å². The van der Waals surface area contributed by atoms with Crippen LogP contribution in [-0.4, -0.2) is 20.2 Å². The van der Waals surface area contributed by atoms with Crippen LogP contribution in [0, 0.1) is 6.92 Å². The van der Waals surface area contributed by atoms with Gasteiger partial charge >= 0.3 is 0 Å². The Morgan fingerprint density at radius 3 is 2.91 bits per heavy atom. The van der Waals surface area contributed by atoms with Gasteiger partial charge in [0.15, 0.2) is 5.82 Å². The van der Waals surface area contributed by atoms with E-state index in [4.69, 9.17) is 0 Å². The van der Waals surface area contributed by atoms with Gasteiger partial charge in [-0.3, -0.25) is 5.10 Å². The molecule has 4 aromatic rings. The average Bonchev–Trinajstić information content (AvgIpc) is 3.03. The van der Waals surface area contributed by atoms with Crippen molar-refractivity contribution in [3.63, 3.8) is 0 Å². The van der Waals surface area contributed by atoms with Crippen LogP contribution in [0.2, 0.25) is 0 Å². The molecular formula is C18H15N5. The van der Waals surface area contributed by atoms with Crippen LogP contribution in [0.25, 0.3) is 22.3 Å². The van der Waals surface area contributed by atoms with E-state index in [0.717, 1.165) is 28.0 Å². The molecule has 0 saturated heterocycles. The predicted octanol–water partition coefficient (Wildman–Crippen LogP) is 4.07. The number of fused-ring (bicyclic) bond motifs is 1. The van der Waals surface area contributed by atoms with Gasteiger partial charge in [-0.05, 0) is 37.3 Å². The normalized spacial score (nSPS) is 10.8. The lowest BCUT2D eigenvalue weighted by atomic mass is 10.1. The number of aromatic nitrogens is 4. The number of hydrogen-bond donors (Lipinski definition) is 2. The summed E-state index contributed by atoms with van der Waals surface area (Å²) in [6.07, 6.45) is 3.57. The van der Waals surface area contributed by atoms with Gasteiger partial charge in [-0.15, -0.1) is 0 Å². The van der Waals surface area contributed by atoms with E-state index < -0.39 is 0 Å². The highest BCUT2D eigenvalue weighted by molar-refractivity contribution is 5.82. The summed E-state index contributed by atoms with van der Waals surface area (Å²) in [4.78, 5) is 8.97. The summed E-state index contributed by atoms with van der Waals surface area (Å²) < 4.78 is 0. The van der Waals surface area contributed by atoms with Crippen molar-refractivity contribution >= 4 is 22.4 Å². The second-order valence-corrected chi connectivity index (χ2v) is 5.43. The monoisotopic (exact) mass is 301 g/mol. The van der Waals surface area contributed by atoms with Crippen molar-refractivity contribution in [1.82, 2.24) is 20.2 Å². The van der Waals surface area contributed by atoms with Crippen molar-refractivity contribution < 1.29 is 0 Å². The predicted molar refractivity (Wildman–Crippen MR) is 91.6 cm³/mol. The first-order valence-corrected chi connectivity index (χ1v) is 7.38. The molecule has 0 spiro atoms. The minimum atomic E-state index is 0.711. The van der Waals surface area contributed by atoms with Crippen molar-refractivity contribution in [1.29, 1.82) is 0 Å². The molecular weight excluding hydrogens is 286 g/mol. The van der Waals surface area contributed by atoms with Gasteiger partial charge < -0.3 is 5.32 Å². The molecule has 4 rings (SSSR count). The SMILES string of the molecule is Cc1cccc(-c2nccc(Nc3ccc4[nH]ncc4c3)n2)c1. The Morgan fingerprint density at radius 1 is 1.04 bits per heavy atom. The molecule has 0 saturated carbocycles. The number of rotatable bonds is 3. The molecule has 0 aliphatic heterocycles. The summed E-state index contributed by atoms with van der Waals surface area (Å²) >= 11 is 0. The summed E-state index contributed by atoms with van der Waals surface area (Å²) in [5, 5.41) is 11.4. The second kappa shape index (κ2) is 5.53. The third-order valence-corrected chi connectivity index (χ3v) is 3.64. The fourth-order valence-corrected chi connectivity index (χ4v) is 2.52. The Bertz CT molecular complexity index is 974. The lowest BCUT2D eigenvalue weighted by molar-refractivity contribution is 1.12. The maximum absolute atomic E-state index is 4.60. The smallest absolute Gasteiger partial charge is 0.161 e. The van der Waals surface area contributed by atoms with Crippen LogP contribution in [-0.2, 0) is 0 Å². The molecule has 0 fully saturated rings. The van der Waals surface area contributed by atoms with Crippen LogP contribution >= 0.6 is 0 Å². The first-order chi connectivity index (χ1) is 11.3. The van der Waals surface area contributed by atoms with Gasteiger partial charge in [0.2, 0.25) is 0 Å². The van der Waals surface area contributed by atoms with Gasteiger partial charge in [0.1, 0.15) is 5.82 Å². The Morgan fingerprint density at radius 2 is 2.00 bits per heavy atom. The molecule has 112 valence electrons. The van der Waals surface area contributed by atoms with Gasteiger partial charge in [-0.2, -0.15) is 5.10 Å². The molecule has 0 bridgehead atoms. The topological polar surface area (TPSA) is 66.5 Å². The molecule has 2 aromatic carbocycles. The lowest BCUT2D eigenvalue weighted by Gasteiger charge is -2.07. The van der Waals surface area contributed by atoms with Crippen molar-refractivity contribution in [3.8, 4) is 11.4 Å². The quantitative estimate of drug-likeness (QED) is 0.598. The first-order valence-electron chi connectivity index (χ1n) is 7.38. The average molecular weight is 301 g/mol. The largest absolute Gasteiger partial charge is 0.340 e. The molecule has 0 aliphatic rings. The fraction of sp³-hybridized carbons (Fsp3) is 0.0556. The Hall–Kier alpha value is -3.21. The number of anilines is 2. The molecule has 2 N–H and O–H groups in total. The Kier molecular flexibility index (Phi) is 3.24. The van der Waals surface area contributed by atoms with Gasteiger partial charge in [-0.25, -0.2) is 9.97 Å². The number of aromatic amines is 1. The second-order valence-electron chi connectivity index (χ2n) is 5.43. The zero-order chi connectivity index (χ0) is 15.6. The van der Waals surface area contributed by atoms with E-state index in [2.05, 4.69) is 44.5 Å². The highest BCUT2D eigenvalue weighted by Crippen LogP contribution is 2.22. The van der Waals surface area contributed by atoms with Crippen LogP contribution < -0.4 is 5.32 Å². The highest BCUT2D eigenvalue weighted by Gasteiger charge is 2.04. The van der Waals surface area contributed by atoms with Crippen LogP contribution in [0.1, 0.15) is 5.56 Å². The summed E-state index contributed by atoms with van der Waals surface area (Å²) in [6.45, 7) is 2.06. The van der Waals surface area contributed by atoms with Crippen LogP contribution in [0.3, 0.4) is 0 Å². The molecule has 23 heavy (non-hydrogen) atoms. The van der Waals surface area contributed by atoms with E-state index in [1.54, 1.807) is 12.4 Å². The maximum Gasteiger partial charge on any atom is 0.161 e. The Labute approximate surface area is 133 Å².